The number of aromatic amines is 1. The third-order valence-electron chi connectivity index (χ3n) is 6.14. The number of ether oxygens (including phenoxy) is 1. The Labute approximate surface area is 189 Å². The van der Waals surface area contributed by atoms with Crippen LogP contribution in [0.5, 0.6) is 0 Å². The number of halogens is 2. The Hall–Kier alpha value is -2.78. The first kappa shape index (κ1) is 21.1. The standard InChI is InChI=1S/C22H24ClFN6O2/c23-13-6-16-17(9-26-19(16)25-8-13)20-27-10-18(24)21(30-20)28-14-2-1-3-15(7-14)29-22(31)12-4-5-32-11-12/h6,8-10,12,14-15H,1-5,7,11H2,(H,25,26)(H,29,31)(H,27,28,30)/t12?,14-,15+/m0/s1. The zero-order chi connectivity index (χ0) is 22.1. The summed E-state index contributed by atoms with van der Waals surface area (Å²) >= 11 is 6.09. The van der Waals surface area contributed by atoms with Gasteiger partial charge in [-0.3, -0.25) is 4.79 Å². The van der Waals surface area contributed by atoms with Gasteiger partial charge in [-0.25, -0.2) is 19.3 Å². The molecule has 3 atom stereocenters. The van der Waals surface area contributed by atoms with Crippen molar-refractivity contribution in [3.8, 4) is 11.4 Å². The normalized spacial score (nSPS) is 23.4. The Morgan fingerprint density at radius 3 is 2.94 bits per heavy atom. The van der Waals surface area contributed by atoms with Crippen LogP contribution in [-0.2, 0) is 9.53 Å². The van der Waals surface area contributed by atoms with Crippen LogP contribution in [0, 0.1) is 11.7 Å². The second-order valence-corrected chi connectivity index (χ2v) is 8.85. The first-order valence-corrected chi connectivity index (χ1v) is 11.2. The van der Waals surface area contributed by atoms with Crippen molar-refractivity contribution in [2.45, 2.75) is 44.2 Å². The number of H-pyrrole nitrogens is 1. The maximum Gasteiger partial charge on any atom is 0.225 e. The van der Waals surface area contributed by atoms with E-state index in [4.69, 9.17) is 16.3 Å². The topological polar surface area (TPSA) is 105 Å². The van der Waals surface area contributed by atoms with E-state index in [1.54, 1.807) is 18.5 Å². The van der Waals surface area contributed by atoms with Gasteiger partial charge < -0.3 is 20.4 Å². The average Bonchev–Trinajstić information content (AvgIpc) is 3.46. The number of nitrogens with one attached hydrogen (secondary N) is 3. The highest BCUT2D eigenvalue weighted by molar-refractivity contribution is 6.31. The van der Waals surface area contributed by atoms with Crippen LogP contribution in [0.1, 0.15) is 32.1 Å². The van der Waals surface area contributed by atoms with Crippen LogP contribution in [0.4, 0.5) is 10.2 Å². The van der Waals surface area contributed by atoms with E-state index in [2.05, 4.69) is 30.6 Å². The fraction of sp³-hybridized carbons (Fsp3) is 0.455. The summed E-state index contributed by atoms with van der Waals surface area (Å²) in [6.07, 6.45) is 8.68. The van der Waals surface area contributed by atoms with Crippen molar-refractivity contribution in [1.82, 2.24) is 25.3 Å². The minimum absolute atomic E-state index is 0.00482. The molecule has 8 nitrogen and oxygen atoms in total. The van der Waals surface area contributed by atoms with Crippen LogP contribution in [0.3, 0.4) is 0 Å². The molecule has 168 valence electrons. The fourth-order valence-electron chi connectivity index (χ4n) is 4.47. The third-order valence-corrected chi connectivity index (χ3v) is 6.35. The Morgan fingerprint density at radius 1 is 1.22 bits per heavy atom. The predicted octanol–water partition coefficient (Wildman–Crippen LogP) is 3.69. The highest BCUT2D eigenvalue weighted by Gasteiger charge is 2.29. The quantitative estimate of drug-likeness (QED) is 0.538. The number of fused-ring (bicyclic) bond motifs is 1. The summed E-state index contributed by atoms with van der Waals surface area (Å²) in [6, 6.07) is 1.84. The lowest BCUT2D eigenvalue weighted by atomic mass is 9.90. The number of pyridine rings is 1. The molecule has 1 saturated heterocycles. The molecule has 32 heavy (non-hydrogen) atoms. The minimum Gasteiger partial charge on any atom is -0.381 e. The van der Waals surface area contributed by atoms with Gasteiger partial charge in [-0.15, -0.1) is 0 Å². The van der Waals surface area contributed by atoms with Gasteiger partial charge in [0.1, 0.15) is 5.65 Å². The Morgan fingerprint density at radius 2 is 2.09 bits per heavy atom. The highest BCUT2D eigenvalue weighted by atomic mass is 35.5. The number of amides is 1. The maximum absolute atomic E-state index is 14.5. The Balaban J connectivity index is 1.30. The van der Waals surface area contributed by atoms with Gasteiger partial charge in [-0.1, -0.05) is 11.6 Å². The van der Waals surface area contributed by atoms with Gasteiger partial charge in [0.2, 0.25) is 5.91 Å². The van der Waals surface area contributed by atoms with Gasteiger partial charge in [0.15, 0.2) is 17.5 Å². The molecule has 3 aromatic rings. The van der Waals surface area contributed by atoms with Crippen LogP contribution in [0.25, 0.3) is 22.4 Å². The van der Waals surface area contributed by atoms with Crippen LogP contribution >= 0.6 is 11.6 Å². The number of hydrogen-bond acceptors (Lipinski definition) is 6. The molecule has 3 aromatic heterocycles. The largest absolute Gasteiger partial charge is 0.381 e. The number of nitrogens with zero attached hydrogens (tertiary/aromatic N) is 3. The van der Waals surface area contributed by atoms with Gasteiger partial charge in [0.05, 0.1) is 23.7 Å². The van der Waals surface area contributed by atoms with Gasteiger partial charge in [0.25, 0.3) is 0 Å². The summed E-state index contributed by atoms with van der Waals surface area (Å²) in [7, 11) is 0. The molecule has 1 aliphatic carbocycles. The number of hydrogen-bond donors (Lipinski definition) is 3. The summed E-state index contributed by atoms with van der Waals surface area (Å²) in [4.78, 5) is 28.4. The zero-order valence-corrected chi connectivity index (χ0v) is 18.2. The molecule has 4 heterocycles. The molecular weight excluding hydrogens is 435 g/mol. The second kappa shape index (κ2) is 8.99. The van der Waals surface area contributed by atoms with Crippen molar-refractivity contribution in [2.24, 2.45) is 5.92 Å². The smallest absolute Gasteiger partial charge is 0.225 e. The molecule has 0 aromatic carbocycles. The number of anilines is 1. The van der Waals surface area contributed by atoms with Gasteiger partial charge in [-0.05, 0) is 38.2 Å². The minimum atomic E-state index is -0.515. The second-order valence-electron chi connectivity index (χ2n) is 8.42. The fourth-order valence-corrected chi connectivity index (χ4v) is 4.62. The predicted molar refractivity (Wildman–Crippen MR) is 119 cm³/mol. The van der Waals surface area contributed by atoms with Gasteiger partial charge in [-0.2, -0.15) is 0 Å². The van der Waals surface area contributed by atoms with Crippen LogP contribution in [0.2, 0.25) is 5.02 Å². The number of rotatable bonds is 5. The Bertz CT molecular complexity index is 1130. The van der Waals surface area contributed by atoms with E-state index in [1.165, 1.54) is 6.20 Å². The lowest BCUT2D eigenvalue weighted by Gasteiger charge is -2.31. The van der Waals surface area contributed by atoms with E-state index < -0.39 is 5.82 Å². The molecule has 2 aliphatic rings. The summed E-state index contributed by atoms with van der Waals surface area (Å²) in [6.45, 7) is 1.13. The molecule has 1 amide bonds. The van der Waals surface area contributed by atoms with Crippen molar-refractivity contribution >= 4 is 34.4 Å². The Kier molecular flexibility index (Phi) is 5.93. The molecule has 1 unspecified atom stereocenters. The van der Waals surface area contributed by atoms with E-state index in [1.807, 2.05) is 0 Å². The van der Waals surface area contributed by atoms with E-state index in [0.717, 1.165) is 31.1 Å². The summed E-state index contributed by atoms with van der Waals surface area (Å²) in [5.41, 5.74) is 1.36. The van der Waals surface area contributed by atoms with Crippen molar-refractivity contribution in [2.75, 3.05) is 18.5 Å². The van der Waals surface area contributed by atoms with Crippen molar-refractivity contribution in [3.05, 3.63) is 35.5 Å². The molecule has 2 fully saturated rings. The van der Waals surface area contributed by atoms with E-state index in [0.29, 0.717) is 41.7 Å². The third kappa shape index (κ3) is 4.40. The van der Waals surface area contributed by atoms with E-state index >= 15 is 0 Å². The van der Waals surface area contributed by atoms with E-state index in [-0.39, 0.29) is 29.7 Å². The van der Waals surface area contributed by atoms with Crippen molar-refractivity contribution < 1.29 is 13.9 Å². The number of carbonyl (C=O) groups excluding carboxylic acids is 1. The number of carbonyl (C=O) groups is 1. The monoisotopic (exact) mass is 458 g/mol. The first-order chi connectivity index (χ1) is 15.6. The molecular formula is C22H24ClFN6O2. The molecule has 10 heteroatoms. The molecule has 1 saturated carbocycles. The summed E-state index contributed by atoms with van der Waals surface area (Å²) < 4.78 is 19.9. The van der Waals surface area contributed by atoms with Crippen LogP contribution in [-0.4, -0.2) is 51.1 Å². The molecule has 0 bridgehead atoms. The molecule has 0 spiro atoms. The van der Waals surface area contributed by atoms with Crippen molar-refractivity contribution in [3.63, 3.8) is 0 Å². The maximum atomic E-state index is 14.5. The van der Waals surface area contributed by atoms with Gasteiger partial charge >= 0.3 is 0 Å². The summed E-state index contributed by atoms with van der Waals surface area (Å²) in [5.74, 6) is 0.00487. The number of aromatic nitrogens is 4. The molecule has 1 aliphatic heterocycles. The summed E-state index contributed by atoms with van der Waals surface area (Å²) in [5, 5.41) is 7.64. The average molecular weight is 459 g/mol. The first-order valence-electron chi connectivity index (χ1n) is 10.9. The van der Waals surface area contributed by atoms with Crippen molar-refractivity contribution in [1.29, 1.82) is 0 Å². The SMILES string of the molecule is O=C(N[C@@H]1CCC[C@H](Nc2nc(-c3c[nH]c4ncc(Cl)cc34)ncc2F)C1)C1CCOC1. The van der Waals surface area contributed by atoms with E-state index in [9.17, 15) is 9.18 Å². The molecule has 5 rings (SSSR count). The van der Waals surface area contributed by atoms with Crippen LogP contribution < -0.4 is 10.6 Å². The highest BCUT2D eigenvalue weighted by Crippen LogP contribution is 2.29. The zero-order valence-electron chi connectivity index (χ0n) is 17.4. The lowest BCUT2D eigenvalue weighted by Crippen LogP contribution is -2.44. The molecule has 3 N–H and O–H groups in total. The lowest BCUT2D eigenvalue weighted by molar-refractivity contribution is -0.125. The molecule has 0 radical (unpaired) electrons. The van der Waals surface area contributed by atoms with Gasteiger partial charge in [0, 0.05) is 42.0 Å². The van der Waals surface area contributed by atoms with Crippen LogP contribution in [0.15, 0.2) is 24.7 Å².